The van der Waals surface area contributed by atoms with Crippen LogP contribution in [0.3, 0.4) is 0 Å². The summed E-state index contributed by atoms with van der Waals surface area (Å²) in [4.78, 5) is 22.0. The molecule has 0 unspecified atom stereocenters. The van der Waals surface area contributed by atoms with Crippen LogP contribution in [0.5, 0.6) is 0 Å². The average Bonchev–Trinajstić information content (AvgIpc) is 3.09. The summed E-state index contributed by atoms with van der Waals surface area (Å²) in [6.07, 6.45) is 2.05. The predicted octanol–water partition coefficient (Wildman–Crippen LogP) is 1.59. The van der Waals surface area contributed by atoms with Gasteiger partial charge in [0, 0.05) is 11.6 Å². The highest BCUT2D eigenvalue weighted by Crippen LogP contribution is 2.27. The van der Waals surface area contributed by atoms with E-state index in [9.17, 15) is 14.9 Å². The van der Waals surface area contributed by atoms with Crippen LogP contribution in [0.1, 0.15) is 18.4 Å². The Morgan fingerprint density at radius 1 is 1.50 bits per heavy atom. The maximum absolute atomic E-state index is 11.5. The lowest BCUT2D eigenvalue weighted by Gasteiger charge is -2.08. The number of nitro benzene ring substituents is 1. The molecular weight excluding hydrogens is 234 g/mol. The first-order chi connectivity index (χ1) is 8.58. The number of rotatable bonds is 5. The van der Waals surface area contributed by atoms with E-state index in [1.54, 1.807) is 25.1 Å². The first-order valence-electron chi connectivity index (χ1n) is 5.85. The van der Waals surface area contributed by atoms with E-state index in [4.69, 9.17) is 0 Å². The molecule has 1 amide bonds. The molecule has 0 aliphatic heterocycles. The highest BCUT2D eigenvalue weighted by atomic mass is 16.6. The second-order valence-electron chi connectivity index (χ2n) is 4.42. The first kappa shape index (κ1) is 12.3. The second kappa shape index (κ2) is 5.03. The predicted molar refractivity (Wildman–Crippen MR) is 67.5 cm³/mol. The molecule has 2 N–H and O–H groups in total. The number of carbonyl (C=O) groups excluding carboxylic acids is 1. The molecule has 1 aliphatic carbocycles. The largest absolute Gasteiger partial charge is 0.371 e. The number of carbonyl (C=O) groups is 1. The zero-order valence-corrected chi connectivity index (χ0v) is 10.1. The van der Waals surface area contributed by atoms with Crippen molar-refractivity contribution in [3.8, 4) is 0 Å². The number of nitro groups is 1. The Morgan fingerprint density at radius 2 is 2.22 bits per heavy atom. The van der Waals surface area contributed by atoms with Crippen LogP contribution in [-0.2, 0) is 4.79 Å². The summed E-state index contributed by atoms with van der Waals surface area (Å²) in [5.41, 5.74) is 0.982. The summed E-state index contributed by atoms with van der Waals surface area (Å²) >= 11 is 0. The molecule has 0 radical (unpaired) electrons. The Hall–Kier alpha value is -2.11. The maximum Gasteiger partial charge on any atom is 0.295 e. The highest BCUT2D eigenvalue weighted by Gasteiger charge is 2.23. The van der Waals surface area contributed by atoms with Gasteiger partial charge in [-0.15, -0.1) is 0 Å². The van der Waals surface area contributed by atoms with Gasteiger partial charge in [0.1, 0.15) is 5.69 Å². The topological polar surface area (TPSA) is 84.3 Å². The minimum absolute atomic E-state index is 0.0247. The second-order valence-corrected chi connectivity index (χ2v) is 4.42. The van der Waals surface area contributed by atoms with Crippen LogP contribution in [0.15, 0.2) is 18.2 Å². The molecular formula is C12H15N3O3. The van der Waals surface area contributed by atoms with Crippen LogP contribution >= 0.6 is 0 Å². The van der Waals surface area contributed by atoms with Crippen molar-refractivity contribution in [2.24, 2.45) is 0 Å². The average molecular weight is 249 g/mol. The summed E-state index contributed by atoms with van der Waals surface area (Å²) < 4.78 is 0. The van der Waals surface area contributed by atoms with E-state index in [0.717, 1.165) is 12.8 Å². The molecule has 1 saturated carbocycles. The molecule has 2 rings (SSSR count). The van der Waals surface area contributed by atoms with Crippen LogP contribution in [-0.4, -0.2) is 23.4 Å². The molecule has 1 aliphatic rings. The number of nitrogens with one attached hydrogen (secondary N) is 2. The number of anilines is 1. The molecule has 1 fully saturated rings. The Balaban J connectivity index is 2.01. The van der Waals surface area contributed by atoms with Crippen molar-refractivity contribution in [2.45, 2.75) is 25.8 Å². The van der Waals surface area contributed by atoms with Crippen molar-refractivity contribution in [3.63, 3.8) is 0 Å². The lowest BCUT2D eigenvalue weighted by atomic mass is 10.1. The van der Waals surface area contributed by atoms with Gasteiger partial charge in [0.2, 0.25) is 5.91 Å². The summed E-state index contributed by atoms with van der Waals surface area (Å²) in [5.74, 6) is -0.131. The molecule has 18 heavy (non-hydrogen) atoms. The summed E-state index contributed by atoms with van der Waals surface area (Å²) in [6, 6.07) is 5.30. The number of hydrogen-bond donors (Lipinski definition) is 2. The molecule has 6 nitrogen and oxygen atoms in total. The van der Waals surface area contributed by atoms with Gasteiger partial charge in [0.15, 0.2) is 0 Å². The SMILES string of the molecule is Cc1cccc(NCC(=O)NC2CC2)c1[N+](=O)[O-]. The smallest absolute Gasteiger partial charge is 0.295 e. The Bertz CT molecular complexity index is 483. The van der Waals surface area contributed by atoms with E-state index in [1.807, 2.05) is 0 Å². The van der Waals surface area contributed by atoms with Crippen LogP contribution in [0.2, 0.25) is 0 Å². The molecule has 0 atom stereocenters. The van der Waals surface area contributed by atoms with E-state index in [2.05, 4.69) is 10.6 Å². The Morgan fingerprint density at radius 3 is 2.83 bits per heavy atom. The van der Waals surface area contributed by atoms with Crippen molar-refractivity contribution < 1.29 is 9.72 Å². The van der Waals surface area contributed by atoms with E-state index < -0.39 is 4.92 Å². The molecule has 0 saturated heterocycles. The van der Waals surface area contributed by atoms with Gasteiger partial charge in [-0.3, -0.25) is 14.9 Å². The third-order valence-corrected chi connectivity index (χ3v) is 2.80. The lowest BCUT2D eigenvalue weighted by molar-refractivity contribution is -0.384. The van der Waals surface area contributed by atoms with Crippen LogP contribution in [0.25, 0.3) is 0 Å². The van der Waals surface area contributed by atoms with Gasteiger partial charge in [-0.25, -0.2) is 0 Å². The quantitative estimate of drug-likeness (QED) is 0.613. The fourth-order valence-electron chi connectivity index (χ4n) is 1.73. The van der Waals surface area contributed by atoms with Gasteiger partial charge in [-0.1, -0.05) is 12.1 Å². The molecule has 0 spiro atoms. The van der Waals surface area contributed by atoms with Gasteiger partial charge < -0.3 is 10.6 Å². The van der Waals surface area contributed by atoms with Gasteiger partial charge in [-0.05, 0) is 25.8 Å². The third-order valence-electron chi connectivity index (χ3n) is 2.80. The fraction of sp³-hybridized carbons (Fsp3) is 0.417. The van der Waals surface area contributed by atoms with Gasteiger partial charge in [0.25, 0.3) is 5.69 Å². The molecule has 0 aromatic heterocycles. The number of para-hydroxylation sites is 1. The normalized spacial score (nSPS) is 14.1. The minimum atomic E-state index is -0.434. The number of benzene rings is 1. The van der Waals surface area contributed by atoms with Crippen LogP contribution in [0, 0.1) is 17.0 Å². The zero-order valence-electron chi connectivity index (χ0n) is 10.1. The van der Waals surface area contributed by atoms with E-state index >= 15 is 0 Å². The van der Waals surface area contributed by atoms with Crippen molar-refractivity contribution >= 4 is 17.3 Å². The number of hydrogen-bond acceptors (Lipinski definition) is 4. The van der Waals surface area contributed by atoms with Crippen LogP contribution < -0.4 is 10.6 Å². The van der Waals surface area contributed by atoms with E-state index in [1.165, 1.54) is 0 Å². The van der Waals surface area contributed by atoms with Gasteiger partial charge in [-0.2, -0.15) is 0 Å². The summed E-state index contributed by atoms with van der Waals surface area (Å²) in [5, 5.41) is 16.6. The van der Waals surface area contributed by atoms with E-state index in [-0.39, 0.29) is 18.1 Å². The third kappa shape index (κ3) is 2.97. The fourth-order valence-corrected chi connectivity index (χ4v) is 1.73. The standard InChI is InChI=1S/C12H15N3O3/c1-8-3-2-4-10(12(8)15(17)18)13-7-11(16)14-9-5-6-9/h2-4,9,13H,5-7H2,1H3,(H,14,16). The monoisotopic (exact) mass is 249 g/mol. The summed E-state index contributed by atoms with van der Waals surface area (Å²) in [6.45, 7) is 1.73. The highest BCUT2D eigenvalue weighted by molar-refractivity contribution is 5.82. The van der Waals surface area contributed by atoms with Crippen molar-refractivity contribution in [1.82, 2.24) is 5.32 Å². The first-order valence-corrected chi connectivity index (χ1v) is 5.85. The maximum atomic E-state index is 11.5. The number of nitrogens with zero attached hydrogens (tertiary/aromatic N) is 1. The van der Waals surface area contributed by atoms with E-state index in [0.29, 0.717) is 17.3 Å². The number of aryl methyl sites for hydroxylation is 1. The Kier molecular flexibility index (Phi) is 3.45. The van der Waals surface area contributed by atoms with Crippen LogP contribution in [0.4, 0.5) is 11.4 Å². The molecule has 6 heteroatoms. The van der Waals surface area contributed by atoms with Gasteiger partial charge in [0.05, 0.1) is 11.5 Å². The molecule has 1 aromatic rings. The van der Waals surface area contributed by atoms with Crippen molar-refractivity contribution in [2.75, 3.05) is 11.9 Å². The van der Waals surface area contributed by atoms with Crippen molar-refractivity contribution in [3.05, 3.63) is 33.9 Å². The minimum Gasteiger partial charge on any atom is -0.371 e. The van der Waals surface area contributed by atoms with Gasteiger partial charge >= 0.3 is 0 Å². The number of amides is 1. The molecule has 1 aromatic carbocycles. The molecule has 96 valence electrons. The summed E-state index contributed by atoms with van der Waals surface area (Å²) in [7, 11) is 0. The van der Waals surface area contributed by atoms with Crippen molar-refractivity contribution in [1.29, 1.82) is 0 Å². The Labute approximate surface area is 105 Å². The molecule has 0 bridgehead atoms. The zero-order chi connectivity index (χ0) is 13.1. The molecule has 0 heterocycles. The lowest BCUT2D eigenvalue weighted by Crippen LogP contribution is -2.31.